The molecule has 0 aliphatic heterocycles. The predicted octanol–water partition coefficient (Wildman–Crippen LogP) is 4.54. The topological polar surface area (TPSA) is 70.0 Å². The largest absolute Gasteiger partial charge is 0.280 e. The summed E-state index contributed by atoms with van der Waals surface area (Å²) < 4.78 is 28.3. The Bertz CT molecular complexity index is 848. The van der Waals surface area contributed by atoms with Gasteiger partial charge in [-0.05, 0) is 52.3 Å². The van der Waals surface area contributed by atoms with E-state index < -0.39 is 10.0 Å². The molecule has 2 aromatic rings. The van der Waals surface area contributed by atoms with E-state index >= 15 is 0 Å². The van der Waals surface area contributed by atoms with Crippen molar-refractivity contribution in [2.75, 3.05) is 4.72 Å². The van der Waals surface area contributed by atoms with Crippen molar-refractivity contribution in [3.63, 3.8) is 0 Å². The monoisotopic (exact) mass is 448 g/mol. The van der Waals surface area contributed by atoms with Gasteiger partial charge in [-0.25, -0.2) is 8.42 Å². The highest BCUT2D eigenvalue weighted by atomic mass is 79.9. The summed E-state index contributed by atoms with van der Waals surface area (Å²) in [5.41, 5.74) is 0.466. The van der Waals surface area contributed by atoms with Crippen LogP contribution in [0.15, 0.2) is 50.2 Å². The van der Waals surface area contributed by atoms with Crippen LogP contribution < -0.4 is 4.72 Å². The summed E-state index contributed by atoms with van der Waals surface area (Å²) in [6.45, 7) is 0. The van der Waals surface area contributed by atoms with Crippen LogP contribution in [0.3, 0.4) is 0 Å². The minimum Gasteiger partial charge on any atom is -0.280 e. The van der Waals surface area contributed by atoms with Gasteiger partial charge in [0.25, 0.3) is 10.0 Å². The van der Waals surface area contributed by atoms with Crippen LogP contribution in [0.1, 0.15) is 5.56 Å². The van der Waals surface area contributed by atoms with Crippen molar-refractivity contribution < 1.29 is 8.42 Å². The van der Waals surface area contributed by atoms with Crippen molar-refractivity contribution in [3.05, 3.63) is 55.9 Å². The Kier molecular flexibility index (Phi) is 4.94. The third kappa shape index (κ3) is 3.77. The Morgan fingerprint density at radius 2 is 1.86 bits per heavy atom. The number of benzene rings is 2. The van der Waals surface area contributed by atoms with Gasteiger partial charge in [-0.3, -0.25) is 4.72 Å². The van der Waals surface area contributed by atoms with E-state index in [0.717, 1.165) is 0 Å². The molecule has 0 amide bonds. The standard InChI is InChI=1S/C13H7Br2ClN2O2S/c14-9-1-3-11(15)13(6-9)21(19,20)18-10-2-4-12(16)8(5-10)7-17/h1-6,18H. The van der Waals surface area contributed by atoms with Gasteiger partial charge in [0, 0.05) is 8.95 Å². The normalized spacial score (nSPS) is 11.0. The highest BCUT2D eigenvalue weighted by Crippen LogP contribution is 2.28. The molecule has 2 rings (SSSR count). The van der Waals surface area contributed by atoms with Gasteiger partial charge in [0.15, 0.2) is 0 Å². The molecule has 108 valence electrons. The maximum atomic E-state index is 12.4. The van der Waals surface area contributed by atoms with Crippen LogP contribution in [0.4, 0.5) is 5.69 Å². The van der Waals surface area contributed by atoms with Crippen LogP contribution >= 0.6 is 43.5 Å². The molecule has 2 aromatic carbocycles. The fourth-order valence-electron chi connectivity index (χ4n) is 1.57. The fourth-order valence-corrected chi connectivity index (χ4v) is 4.28. The van der Waals surface area contributed by atoms with Crippen LogP contribution in [0, 0.1) is 11.3 Å². The fraction of sp³-hybridized carbons (Fsp3) is 0. The first-order chi connectivity index (χ1) is 9.83. The van der Waals surface area contributed by atoms with Gasteiger partial charge < -0.3 is 0 Å². The molecule has 0 aromatic heterocycles. The van der Waals surface area contributed by atoms with E-state index in [1.165, 1.54) is 24.3 Å². The summed E-state index contributed by atoms with van der Waals surface area (Å²) in [6.07, 6.45) is 0. The molecule has 0 radical (unpaired) electrons. The number of anilines is 1. The molecule has 4 nitrogen and oxygen atoms in total. The summed E-state index contributed by atoms with van der Waals surface area (Å²) >= 11 is 12.3. The van der Waals surface area contributed by atoms with E-state index in [-0.39, 0.29) is 21.2 Å². The Hall–Kier alpha value is -1.07. The van der Waals surface area contributed by atoms with Crippen LogP contribution in [0.2, 0.25) is 5.02 Å². The lowest BCUT2D eigenvalue weighted by atomic mass is 10.2. The van der Waals surface area contributed by atoms with E-state index in [1.807, 2.05) is 6.07 Å². The number of nitrogens with one attached hydrogen (secondary N) is 1. The van der Waals surface area contributed by atoms with Gasteiger partial charge in [0.2, 0.25) is 0 Å². The van der Waals surface area contributed by atoms with Gasteiger partial charge >= 0.3 is 0 Å². The highest BCUT2D eigenvalue weighted by Gasteiger charge is 2.18. The molecule has 0 saturated heterocycles. The van der Waals surface area contributed by atoms with Crippen LogP contribution in [0.5, 0.6) is 0 Å². The highest BCUT2D eigenvalue weighted by molar-refractivity contribution is 9.11. The number of nitrogens with zero attached hydrogens (tertiary/aromatic N) is 1. The van der Waals surface area contributed by atoms with Gasteiger partial charge in [0.05, 0.1) is 16.3 Å². The van der Waals surface area contributed by atoms with Crippen molar-refractivity contribution in [1.29, 1.82) is 5.26 Å². The molecule has 0 unspecified atom stereocenters. The number of rotatable bonds is 3. The van der Waals surface area contributed by atoms with Crippen LogP contribution in [-0.2, 0) is 10.0 Å². The zero-order chi connectivity index (χ0) is 15.6. The van der Waals surface area contributed by atoms with Gasteiger partial charge in [-0.15, -0.1) is 0 Å². The molecule has 0 aliphatic rings. The van der Waals surface area contributed by atoms with Crippen molar-refractivity contribution >= 4 is 59.2 Å². The Labute approximate surface area is 144 Å². The Morgan fingerprint density at radius 1 is 1.14 bits per heavy atom. The summed E-state index contributed by atoms with van der Waals surface area (Å²) in [6, 6.07) is 11.1. The average molecular weight is 451 g/mol. The summed E-state index contributed by atoms with van der Waals surface area (Å²) in [7, 11) is -3.78. The number of nitriles is 1. The summed E-state index contributed by atoms with van der Waals surface area (Å²) in [5, 5.41) is 9.18. The zero-order valence-corrected chi connectivity index (χ0v) is 15.0. The van der Waals surface area contributed by atoms with Gasteiger partial charge in [-0.1, -0.05) is 27.5 Å². The number of sulfonamides is 1. The molecule has 0 heterocycles. The first-order valence-electron chi connectivity index (χ1n) is 5.51. The maximum absolute atomic E-state index is 12.4. The quantitative estimate of drug-likeness (QED) is 0.747. The molecular weight excluding hydrogens is 443 g/mol. The first-order valence-corrected chi connectivity index (χ1v) is 8.96. The second-order valence-corrected chi connectivity index (χ2v) is 7.81. The van der Waals surface area contributed by atoms with E-state index in [0.29, 0.717) is 8.95 Å². The van der Waals surface area contributed by atoms with Crippen molar-refractivity contribution in [1.82, 2.24) is 0 Å². The van der Waals surface area contributed by atoms with E-state index in [4.69, 9.17) is 16.9 Å². The zero-order valence-electron chi connectivity index (χ0n) is 10.3. The average Bonchev–Trinajstić information content (AvgIpc) is 2.43. The molecule has 0 atom stereocenters. The predicted molar refractivity (Wildman–Crippen MR) is 88.8 cm³/mol. The van der Waals surface area contributed by atoms with Crippen LogP contribution in [0.25, 0.3) is 0 Å². The van der Waals surface area contributed by atoms with E-state index in [1.54, 1.807) is 12.1 Å². The SMILES string of the molecule is N#Cc1cc(NS(=O)(=O)c2cc(Br)ccc2Br)ccc1Cl. The lowest BCUT2D eigenvalue weighted by molar-refractivity contribution is 0.600. The third-order valence-electron chi connectivity index (χ3n) is 2.52. The van der Waals surface area contributed by atoms with Gasteiger partial charge in [-0.2, -0.15) is 5.26 Å². The van der Waals surface area contributed by atoms with E-state index in [9.17, 15) is 8.42 Å². The molecule has 0 fully saturated rings. The summed E-state index contributed by atoms with van der Waals surface area (Å²) in [4.78, 5) is 0.0883. The molecule has 0 spiro atoms. The third-order valence-corrected chi connectivity index (χ3v) is 5.72. The van der Waals surface area contributed by atoms with Crippen LogP contribution in [-0.4, -0.2) is 8.42 Å². The Morgan fingerprint density at radius 3 is 2.52 bits per heavy atom. The maximum Gasteiger partial charge on any atom is 0.263 e. The first kappa shape index (κ1) is 16.3. The molecule has 8 heteroatoms. The number of hydrogen-bond donors (Lipinski definition) is 1. The minimum absolute atomic E-state index is 0.0883. The molecule has 0 saturated carbocycles. The Balaban J connectivity index is 2.43. The smallest absolute Gasteiger partial charge is 0.263 e. The van der Waals surface area contributed by atoms with E-state index in [2.05, 4.69) is 36.6 Å². The minimum atomic E-state index is -3.78. The molecule has 1 N–H and O–H groups in total. The van der Waals surface area contributed by atoms with Crippen molar-refractivity contribution in [2.24, 2.45) is 0 Å². The molecule has 0 bridgehead atoms. The van der Waals surface area contributed by atoms with Gasteiger partial charge in [0.1, 0.15) is 11.0 Å². The molecular formula is C13H7Br2ClN2O2S. The second-order valence-electron chi connectivity index (χ2n) is 3.99. The molecule has 21 heavy (non-hydrogen) atoms. The number of halogens is 3. The lowest BCUT2D eigenvalue weighted by Gasteiger charge is -2.10. The lowest BCUT2D eigenvalue weighted by Crippen LogP contribution is -2.13. The number of hydrogen-bond acceptors (Lipinski definition) is 3. The van der Waals surface area contributed by atoms with Crippen molar-refractivity contribution in [2.45, 2.75) is 4.90 Å². The summed E-state index contributed by atoms with van der Waals surface area (Å²) in [5.74, 6) is 0. The second kappa shape index (κ2) is 6.36. The van der Waals surface area contributed by atoms with Crippen molar-refractivity contribution in [3.8, 4) is 6.07 Å². The molecule has 0 aliphatic carbocycles.